The van der Waals surface area contributed by atoms with E-state index in [4.69, 9.17) is 0 Å². The van der Waals surface area contributed by atoms with Crippen LogP contribution in [0.25, 0.3) is 10.8 Å². The van der Waals surface area contributed by atoms with Crippen molar-refractivity contribution in [1.29, 1.82) is 0 Å². The maximum Gasteiger partial charge on any atom is 0.142 e. The van der Waals surface area contributed by atoms with E-state index in [0.717, 1.165) is 35.6 Å². The standard InChI is InChI=1S/C28H23F3N2/c1-2-3-4-21-17-32-28(33-18-21)12-7-20-14-26(30)25(27(31)15-20)11-6-19-5-8-23-16-24(29)10-9-22(23)13-19/h5,8-10,13-18H,2-4,7,12H2,1H3. The molecule has 0 aliphatic carbocycles. The summed E-state index contributed by atoms with van der Waals surface area (Å²) in [6.45, 7) is 2.14. The first-order chi connectivity index (χ1) is 16.0. The van der Waals surface area contributed by atoms with Crippen molar-refractivity contribution in [2.24, 2.45) is 0 Å². The Balaban J connectivity index is 1.46. The van der Waals surface area contributed by atoms with Gasteiger partial charge in [-0.15, -0.1) is 0 Å². The topological polar surface area (TPSA) is 25.8 Å². The molecule has 4 aromatic rings. The van der Waals surface area contributed by atoms with Crippen molar-refractivity contribution in [1.82, 2.24) is 9.97 Å². The number of hydrogen-bond donors (Lipinski definition) is 0. The molecule has 0 unspecified atom stereocenters. The van der Waals surface area contributed by atoms with E-state index in [1.54, 1.807) is 24.3 Å². The minimum Gasteiger partial charge on any atom is -0.241 e. The smallest absolute Gasteiger partial charge is 0.142 e. The summed E-state index contributed by atoms with van der Waals surface area (Å²) in [7, 11) is 0. The molecule has 0 fully saturated rings. The Labute approximate surface area is 191 Å². The summed E-state index contributed by atoms with van der Waals surface area (Å²) < 4.78 is 42.5. The molecule has 166 valence electrons. The van der Waals surface area contributed by atoms with Gasteiger partial charge in [0, 0.05) is 24.4 Å². The first-order valence-corrected chi connectivity index (χ1v) is 11.0. The number of aromatic nitrogens is 2. The summed E-state index contributed by atoms with van der Waals surface area (Å²) in [6, 6.07) is 12.3. The molecular formula is C28H23F3N2. The Bertz CT molecular complexity index is 1310. The molecule has 0 aliphatic heterocycles. The second-order valence-electron chi connectivity index (χ2n) is 8.00. The van der Waals surface area contributed by atoms with Crippen molar-refractivity contribution in [3.63, 3.8) is 0 Å². The predicted octanol–water partition coefficient (Wildman–Crippen LogP) is 6.57. The van der Waals surface area contributed by atoms with Gasteiger partial charge in [-0.3, -0.25) is 0 Å². The highest BCUT2D eigenvalue weighted by atomic mass is 19.1. The Morgan fingerprint density at radius 2 is 1.42 bits per heavy atom. The number of aryl methyl sites for hydroxylation is 3. The van der Waals surface area contributed by atoms with E-state index < -0.39 is 11.6 Å². The van der Waals surface area contributed by atoms with Gasteiger partial charge in [0.2, 0.25) is 0 Å². The Kier molecular flexibility index (Phi) is 7.04. The van der Waals surface area contributed by atoms with Gasteiger partial charge in [-0.1, -0.05) is 37.3 Å². The van der Waals surface area contributed by atoms with Gasteiger partial charge < -0.3 is 0 Å². The molecule has 2 nitrogen and oxygen atoms in total. The van der Waals surface area contributed by atoms with Gasteiger partial charge in [-0.2, -0.15) is 0 Å². The lowest BCUT2D eigenvalue weighted by molar-refractivity contribution is 0.573. The molecule has 0 bridgehead atoms. The lowest BCUT2D eigenvalue weighted by Gasteiger charge is -2.05. The Morgan fingerprint density at radius 1 is 0.727 bits per heavy atom. The van der Waals surface area contributed by atoms with Gasteiger partial charge in [0.15, 0.2) is 0 Å². The average molecular weight is 445 g/mol. The van der Waals surface area contributed by atoms with Crippen LogP contribution in [0.2, 0.25) is 0 Å². The molecule has 0 N–H and O–H groups in total. The number of rotatable bonds is 6. The largest absolute Gasteiger partial charge is 0.241 e. The molecule has 0 aliphatic rings. The van der Waals surface area contributed by atoms with E-state index in [0.29, 0.717) is 29.8 Å². The average Bonchev–Trinajstić information content (AvgIpc) is 2.81. The normalized spacial score (nSPS) is 10.8. The van der Waals surface area contributed by atoms with E-state index >= 15 is 0 Å². The molecule has 33 heavy (non-hydrogen) atoms. The fourth-order valence-corrected chi connectivity index (χ4v) is 3.60. The molecule has 0 atom stereocenters. The molecule has 0 saturated carbocycles. The fourth-order valence-electron chi connectivity index (χ4n) is 3.60. The molecule has 3 aromatic carbocycles. The first-order valence-electron chi connectivity index (χ1n) is 11.0. The summed E-state index contributed by atoms with van der Waals surface area (Å²) >= 11 is 0. The van der Waals surface area contributed by atoms with Gasteiger partial charge in [0.25, 0.3) is 0 Å². The van der Waals surface area contributed by atoms with Crippen LogP contribution in [0.5, 0.6) is 0 Å². The van der Waals surface area contributed by atoms with E-state index in [1.807, 2.05) is 12.4 Å². The molecule has 0 saturated heterocycles. The number of unbranched alkanes of at least 4 members (excludes halogenated alkanes) is 1. The Morgan fingerprint density at radius 3 is 2.15 bits per heavy atom. The minimum atomic E-state index is -0.698. The summed E-state index contributed by atoms with van der Waals surface area (Å²) in [5.41, 5.74) is 1.95. The van der Waals surface area contributed by atoms with Crippen LogP contribution in [0.3, 0.4) is 0 Å². The van der Waals surface area contributed by atoms with Crippen molar-refractivity contribution in [3.8, 4) is 11.8 Å². The quantitative estimate of drug-likeness (QED) is 0.314. The fraction of sp³-hybridized carbons (Fsp3) is 0.214. The summed E-state index contributed by atoms with van der Waals surface area (Å²) in [5.74, 6) is 4.34. The number of benzene rings is 3. The van der Waals surface area contributed by atoms with Crippen LogP contribution < -0.4 is 0 Å². The Hall–Kier alpha value is -3.65. The number of hydrogen-bond acceptors (Lipinski definition) is 2. The van der Waals surface area contributed by atoms with Crippen LogP contribution in [0.1, 0.15) is 47.8 Å². The van der Waals surface area contributed by atoms with E-state index in [-0.39, 0.29) is 11.4 Å². The monoisotopic (exact) mass is 444 g/mol. The zero-order chi connectivity index (χ0) is 23.2. The highest BCUT2D eigenvalue weighted by Crippen LogP contribution is 2.19. The van der Waals surface area contributed by atoms with E-state index in [2.05, 4.69) is 28.7 Å². The third-order valence-corrected chi connectivity index (χ3v) is 5.45. The molecule has 4 rings (SSSR count). The van der Waals surface area contributed by atoms with Crippen LogP contribution >= 0.6 is 0 Å². The highest BCUT2D eigenvalue weighted by Gasteiger charge is 2.10. The van der Waals surface area contributed by atoms with E-state index in [9.17, 15) is 13.2 Å². The van der Waals surface area contributed by atoms with Crippen molar-refractivity contribution in [2.45, 2.75) is 39.0 Å². The van der Waals surface area contributed by atoms with Crippen LogP contribution in [0.15, 0.2) is 60.9 Å². The molecule has 0 spiro atoms. The second kappa shape index (κ2) is 10.3. The lowest BCUT2D eigenvalue weighted by atomic mass is 10.0. The molecule has 1 aromatic heterocycles. The van der Waals surface area contributed by atoms with E-state index in [1.165, 1.54) is 24.3 Å². The first kappa shape index (κ1) is 22.5. The van der Waals surface area contributed by atoms with Gasteiger partial charge >= 0.3 is 0 Å². The highest BCUT2D eigenvalue weighted by molar-refractivity contribution is 5.84. The van der Waals surface area contributed by atoms with Crippen LogP contribution in [0, 0.1) is 29.3 Å². The SMILES string of the molecule is CCCCc1cnc(CCc2cc(F)c(C#Cc3ccc4cc(F)ccc4c3)c(F)c2)nc1. The lowest BCUT2D eigenvalue weighted by Crippen LogP contribution is -2.01. The molecular weight excluding hydrogens is 421 g/mol. The molecule has 5 heteroatoms. The van der Waals surface area contributed by atoms with Crippen molar-refractivity contribution in [2.75, 3.05) is 0 Å². The number of nitrogens with zero attached hydrogens (tertiary/aromatic N) is 2. The summed E-state index contributed by atoms with van der Waals surface area (Å²) in [6.07, 6.45) is 7.72. The maximum atomic E-state index is 14.6. The summed E-state index contributed by atoms with van der Waals surface area (Å²) in [4.78, 5) is 8.71. The zero-order valence-corrected chi connectivity index (χ0v) is 18.3. The van der Waals surface area contributed by atoms with Crippen molar-refractivity contribution in [3.05, 3.63) is 106 Å². The molecule has 0 amide bonds. The predicted molar refractivity (Wildman–Crippen MR) is 124 cm³/mol. The third kappa shape index (κ3) is 5.78. The van der Waals surface area contributed by atoms with Gasteiger partial charge in [0.1, 0.15) is 23.3 Å². The number of halogens is 3. The maximum absolute atomic E-state index is 14.6. The molecule has 1 heterocycles. The minimum absolute atomic E-state index is 0.269. The number of fused-ring (bicyclic) bond motifs is 1. The second-order valence-corrected chi connectivity index (χ2v) is 8.00. The van der Waals surface area contributed by atoms with Crippen LogP contribution in [0.4, 0.5) is 13.2 Å². The third-order valence-electron chi connectivity index (χ3n) is 5.45. The van der Waals surface area contributed by atoms with Crippen molar-refractivity contribution >= 4 is 10.8 Å². The zero-order valence-electron chi connectivity index (χ0n) is 18.3. The van der Waals surface area contributed by atoms with Crippen LogP contribution in [-0.2, 0) is 19.3 Å². The van der Waals surface area contributed by atoms with Gasteiger partial charge in [-0.25, -0.2) is 23.1 Å². The molecule has 0 radical (unpaired) electrons. The van der Waals surface area contributed by atoms with Gasteiger partial charge in [-0.05, 0) is 77.6 Å². The van der Waals surface area contributed by atoms with Crippen molar-refractivity contribution < 1.29 is 13.2 Å². The van der Waals surface area contributed by atoms with Crippen LogP contribution in [-0.4, -0.2) is 9.97 Å². The summed E-state index contributed by atoms with van der Waals surface area (Å²) in [5, 5.41) is 1.54. The van der Waals surface area contributed by atoms with Gasteiger partial charge in [0.05, 0.1) is 5.56 Å².